The summed E-state index contributed by atoms with van der Waals surface area (Å²) in [6, 6.07) is 5.11. The standard InChI is InChI=1S/C17H17FN4O4S2/c1-9-6-12(22-26-9)8-19-16(23)21-17-20-10(2)15(27-17)11-4-5-14(13(18)7-11)28(3,24)25/h4-7H,8H2,1-3H3,(H2,19,20,21,23). The van der Waals surface area contributed by atoms with Gasteiger partial charge in [0.1, 0.15) is 22.2 Å². The average Bonchev–Trinajstić information content (AvgIpc) is 3.17. The van der Waals surface area contributed by atoms with Crippen molar-refractivity contribution in [1.29, 1.82) is 0 Å². The van der Waals surface area contributed by atoms with Gasteiger partial charge in [-0.2, -0.15) is 0 Å². The van der Waals surface area contributed by atoms with E-state index in [1.54, 1.807) is 19.9 Å². The number of aryl methyl sites for hydroxylation is 2. The number of urea groups is 1. The number of sulfone groups is 1. The van der Waals surface area contributed by atoms with Crippen molar-refractivity contribution in [3.05, 3.63) is 47.2 Å². The topological polar surface area (TPSA) is 114 Å². The van der Waals surface area contributed by atoms with Crippen LogP contribution in [0.15, 0.2) is 33.7 Å². The van der Waals surface area contributed by atoms with Gasteiger partial charge in [-0.15, -0.1) is 0 Å². The number of nitrogens with zero attached hydrogens (tertiary/aromatic N) is 2. The van der Waals surface area contributed by atoms with Gasteiger partial charge in [0.25, 0.3) is 0 Å². The number of carbonyl (C=O) groups excluding carboxylic acids is 1. The third-order valence-electron chi connectivity index (χ3n) is 3.72. The van der Waals surface area contributed by atoms with Gasteiger partial charge in [0.15, 0.2) is 15.0 Å². The van der Waals surface area contributed by atoms with E-state index < -0.39 is 21.7 Å². The van der Waals surface area contributed by atoms with E-state index in [1.807, 2.05) is 0 Å². The summed E-state index contributed by atoms with van der Waals surface area (Å²) in [6.07, 6.45) is 0.948. The first-order valence-electron chi connectivity index (χ1n) is 8.08. The van der Waals surface area contributed by atoms with Crippen LogP contribution in [0.3, 0.4) is 0 Å². The van der Waals surface area contributed by atoms with Crippen molar-refractivity contribution in [2.75, 3.05) is 11.6 Å². The Kier molecular flexibility index (Phi) is 5.47. The number of anilines is 1. The van der Waals surface area contributed by atoms with Gasteiger partial charge in [-0.3, -0.25) is 5.32 Å². The lowest BCUT2D eigenvalue weighted by molar-refractivity contribution is 0.251. The van der Waals surface area contributed by atoms with Crippen LogP contribution in [0.4, 0.5) is 14.3 Å². The SMILES string of the molecule is Cc1cc(CNC(=O)Nc2nc(C)c(-c3ccc(S(C)(=O)=O)c(F)c3)s2)no1. The van der Waals surface area contributed by atoms with Gasteiger partial charge in [-0.05, 0) is 31.5 Å². The second kappa shape index (κ2) is 7.68. The molecule has 3 rings (SSSR count). The lowest BCUT2D eigenvalue weighted by atomic mass is 10.1. The Bertz CT molecular complexity index is 1140. The van der Waals surface area contributed by atoms with E-state index in [1.165, 1.54) is 12.1 Å². The fourth-order valence-electron chi connectivity index (χ4n) is 2.47. The molecule has 2 aromatic heterocycles. The Balaban J connectivity index is 1.72. The monoisotopic (exact) mass is 424 g/mol. The predicted octanol–water partition coefficient (Wildman–Crippen LogP) is 3.28. The molecular formula is C17H17FN4O4S2. The number of aromatic nitrogens is 2. The molecule has 0 saturated carbocycles. The summed E-state index contributed by atoms with van der Waals surface area (Å²) in [5.41, 5.74) is 1.65. The van der Waals surface area contributed by atoms with Crippen molar-refractivity contribution >= 4 is 32.3 Å². The molecule has 1 aromatic carbocycles. The Morgan fingerprint density at radius 1 is 1.29 bits per heavy atom. The number of rotatable bonds is 5. The third kappa shape index (κ3) is 4.54. The second-order valence-electron chi connectivity index (χ2n) is 6.09. The van der Waals surface area contributed by atoms with Gasteiger partial charge in [-0.1, -0.05) is 22.6 Å². The van der Waals surface area contributed by atoms with E-state index in [-0.39, 0.29) is 11.4 Å². The summed E-state index contributed by atoms with van der Waals surface area (Å²) < 4.78 is 42.2. The highest BCUT2D eigenvalue weighted by atomic mass is 32.2. The summed E-state index contributed by atoms with van der Waals surface area (Å²) >= 11 is 1.16. The van der Waals surface area contributed by atoms with Crippen LogP contribution in [0.2, 0.25) is 0 Å². The minimum absolute atomic E-state index is 0.193. The molecule has 148 valence electrons. The van der Waals surface area contributed by atoms with Crippen LogP contribution >= 0.6 is 11.3 Å². The molecule has 0 aliphatic heterocycles. The quantitative estimate of drug-likeness (QED) is 0.650. The van der Waals surface area contributed by atoms with Crippen LogP contribution < -0.4 is 10.6 Å². The van der Waals surface area contributed by atoms with E-state index in [9.17, 15) is 17.6 Å². The van der Waals surface area contributed by atoms with Crippen molar-refractivity contribution in [2.45, 2.75) is 25.3 Å². The van der Waals surface area contributed by atoms with Gasteiger partial charge in [-0.25, -0.2) is 22.6 Å². The zero-order valence-electron chi connectivity index (χ0n) is 15.2. The van der Waals surface area contributed by atoms with Crippen LogP contribution in [-0.2, 0) is 16.4 Å². The fourth-order valence-corrected chi connectivity index (χ4v) is 4.16. The molecule has 8 nitrogen and oxygen atoms in total. The first kappa shape index (κ1) is 20.0. The number of hydrogen-bond acceptors (Lipinski definition) is 7. The third-order valence-corrected chi connectivity index (χ3v) is 5.97. The molecule has 0 aliphatic rings. The van der Waals surface area contributed by atoms with Crippen LogP contribution in [-0.4, -0.2) is 30.8 Å². The molecule has 2 amide bonds. The van der Waals surface area contributed by atoms with Crippen LogP contribution in [0, 0.1) is 19.7 Å². The highest BCUT2D eigenvalue weighted by molar-refractivity contribution is 7.90. The normalized spacial score (nSPS) is 11.4. The fraction of sp³-hybridized carbons (Fsp3) is 0.235. The smallest absolute Gasteiger partial charge is 0.321 e. The number of carbonyl (C=O) groups is 1. The van der Waals surface area contributed by atoms with E-state index in [0.29, 0.717) is 32.7 Å². The van der Waals surface area contributed by atoms with Crippen molar-refractivity contribution in [1.82, 2.24) is 15.5 Å². The van der Waals surface area contributed by atoms with Gasteiger partial charge >= 0.3 is 6.03 Å². The van der Waals surface area contributed by atoms with Crippen molar-refractivity contribution in [3.8, 4) is 10.4 Å². The maximum Gasteiger partial charge on any atom is 0.321 e. The number of nitrogens with one attached hydrogen (secondary N) is 2. The molecule has 28 heavy (non-hydrogen) atoms. The molecule has 0 unspecified atom stereocenters. The number of hydrogen-bond donors (Lipinski definition) is 2. The van der Waals surface area contributed by atoms with Gasteiger partial charge in [0.05, 0.1) is 17.1 Å². The molecule has 0 radical (unpaired) electrons. The number of thiazole rings is 1. The molecule has 0 saturated heterocycles. The molecule has 11 heteroatoms. The number of benzene rings is 1. The molecule has 2 heterocycles. The molecule has 3 aromatic rings. The predicted molar refractivity (Wildman–Crippen MR) is 102 cm³/mol. The lowest BCUT2D eigenvalue weighted by Crippen LogP contribution is -2.28. The maximum atomic E-state index is 14.2. The highest BCUT2D eigenvalue weighted by Gasteiger charge is 2.17. The van der Waals surface area contributed by atoms with Gasteiger partial charge < -0.3 is 9.84 Å². The zero-order chi connectivity index (χ0) is 20.5. The minimum Gasteiger partial charge on any atom is -0.361 e. The molecular weight excluding hydrogens is 407 g/mol. The first-order chi connectivity index (χ1) is 13.1. The van der Waals surface area contributed by atoms with E-state index >= 15 is 0 Å². The molecule has 0 spiro atoms. The van der Waals surface area contributed by atoms with E-state index in [2.05, 4.69) is 20.8 Å². The van der Waals surface area contributed by atoms with Crippen LogP contribution in [0.1, 0.15) is 17.1 Å². The molecule has 2 N–H and O–H groups in total. The molecule has 0 atom stereocenters. The Labute approximate surface area is 164 Å². The number of amides is 2. The number of halogens is 1. The summed E-state index contributed by atoms with van der Waals surface area (Å²) in [5.74, 6) is -0.186. The first-order valence-corrected chi connectivity index (χ1v) is 10.8. The van der Waals surface area contributed by atoms with Crippen molar-refractivity contribution < 1.29 is 22.1 Å². The largest absolute Gasteiger partial charge is 0.361 e. The molecule has 0 aliphatic carbocycles. The summed E-state index contributed by atoms with van der Waals surface area (Å²) in [6.45, 7) is 3.66. The maximum absolute atomic E-state index is 14.2. The van der Waals surface area contributed by atoms with Crippen molar-refractivity contribution in [3.63, 3.8) is 0 Å². The van der Waals surface area contributed by atoms with Crippen molar-refractivity contribution in [2.24, 2.45) is 0 Å². The summed E-state index contributed by atoms with van der Waals surface area (Å²) in [5, 5.41) is 9.34. The van der Waals surface area contributed by atoms with Gasteiger partial charge in [0.2, 0.25) is 0 Å². The Morgan fingerprint density at radius 3 is 2.64 bits per heavy atom. The summed E-state index contributed by atoms with van der Waals surface area (Å²) in [4.78, 5) is 16.5. The van der Waals surface area contributed by atoms with E-state index in [4.69, 9.17) is 4.52 Å². The highest BCUT2D eigenvalue weighted by Crippen LogP contribution is 2.34. The van der Waals surface area contributed by atoms with Crippen LogP contribution in [0.5, 0.6) is 0 Å². The average molecular weight is 424 g/mol. The van der Waals surface area contributed by atoms with E-state index in [0.717, 1.165) is 23.7 Å². The molecule has 0 fully saturated rings. The summed E-state index contributed by atoms with van der Waals surface area (Å²) in [7, 11) is -3.65. The molecule has 0 bridgehead atoms. The zero-order valence-corrected chi connectivity index (χ0v) is 16.9. The Morgan fingerprint density at radius 2 is 2.04 bits per heavy atom. The lowest BCUT2D eigenvalue weighted by Gasteiger charge is -2.04. The van der Waals surface area contributed by atoms with Gasteiger partial charge in [0, 0.05) is 12.3 Å². The van der Waals surface area contributed by atoms with Crippen LogP contribution in [0.25, 0.3) is 10.4 Å². The second-order valence-corrected chi connectivity index (χ2v) is 9.07. The minimum atomic E-state index is -3.65. The Hall–Kier alpha value is -2.79.